The molecule has 3 N–H and O–H groups in total. The van der Waals surface area contributed by atoms with Crippen LogP contribution in [0.5, 0.6) is 0 Å². The normalized spacial score (nSPS) is 29.5. The van der Waals surface area contributed by atoms with Gasteiger partial charge in [0.15, 0.2) is 5.96 Å². The first-order valence-corrected chi connectivity index (χ1v) is 7.11. The second kappa shape index (κ2) is 5.47. The minimum Gasteiger partial charge on any atom is -0.370 e. The topological polar surface area (TPSA) is 50.4 Å². The molecule has 0 aliphatic heterocycles. The van der Waals surface area contributed by atoms with Gasteiger partial charge in [-0.15, -0.1) is 0 Å². The number of nitrogens with one attached hydrogen (secondary N) is 1. The van der Waals surface area contributed by atoms with E-state index in [0.717, 1.165) is 24.1 Å². The molecule has 4 rings (SSSR count). The number of nitrogens with two attached hydrogens (primary N) is 1. The van der Waals surface area contributed by atoms with Gasteiger partial charge in [-0.3, -0.25) is 4.99 Å². The minimum absolute atomic E-state index is 0.525. The van der Waals surface area contributed by atoms with Crippen LogP contribution in [-0.4, -0.2) is 12.5 Å². The number of allylic oxidation sites excluding steroid dienone is 2. The summed E-state index contributed by atoms with van der Waals surface area (Å²) in [6.07, 6.45) is 8.74. The van der Waals surface area contributed by atoms with Crippen LogP contribution < -0.4 is 11.1 Å². The van der Waals surface area contributed by atoms with Crippen molar-refractivity contribution in [3.8, 4) is 0 Å². The van der Waals surface area contributed by atoms with Gasteiger partial charge in [-0.05, 0) is 49.1 Å². The molecule has 1 aromatic rings. The molecule has 1 fully saturated rings. The molecule has 100 valence electrons. The van der Waals surface area contributed by atoms with Gasteiger partial charge >= 0.3 is 0 Å². The summed E-state index contributed by atoms with van der Waals surface area (Å²) >= 11 is 0. The van der Waals surface area contributed by atoms with Crippen LogP contribution in [-0.2, 0) is 0 Å². The fourth-order valence-electron chi connectivity index (χ4n) is 3.19. The third kappa shape index (κ3) is 2.98. The first kappa shape index (κ1) is 12.3. The van der Waals surface area contributed by atoms with Crippen LogP contribution in [0.4, 0.5) is 5.69 Å². The molecule has 3 heteroatoms. The average Bonchev–Trinajstić information content (AvgIpc) is 2.47. The first-order chi connectivity index (χ1) is 9.31. The zero-order chi connectivity index (χ0) is 13.1. The van der Waals surface area contributed by atoms with Crippen LogP contribution in [0.15, 0.2) is 47.5 Å². The number of aliphatic imine (C=N–C) groups is 1. The van der Waals surface area contributed by atoms with E-state index in [2.05, 4.69) is 22.5 Å². The summed E-state index contributed by atoms with van der Waals surface area (Å²) in [5, 5.41) is 3.14. The summed E-state index contributed by atoms with van der Waals surface area (Å²) in [4.78, 5) is 4.51. The Hall–Kier alpha value is -1.77. The third-order valence-corrected chi connectivity index (χ3v) is 4.25. The van der Waals surface area contributed by atoms with E-state index in [0.29, 0.717) is 11.9 Å². The summed E-state index contributed by atoms with van der Waals surface area (Å²) in [6.45, 7) is 0.844. The van der Waals surface area contributed by atoms with Gasteiger partial charge in [0.1, 0.15) is 0 Å². The number of anilines is 1. The van der Waals surface area contributed by atoms with E-state index in [9.17, 15) is 0 Å². The number of fused-ring (bicyclic) bond motifs is 2. The number of benzene rings is 1. The van der Waals surface area contributed by atoms with Gasteiger partial charge in [-0.1, -0.05) is 30.4 Å². The van der Waals surface area contributed by atoms with Gasteiger partial charge in [0.25, 0.3) is 0 Å². The molecule has 19 heavy (non-hydrogen) atoms. The van der Waals surface area contributed by atoms with Crippen LogP contribution in [0.1, 0.15) is 19.3 Å². The van der Waals surface area contributed by atoms with Crippen molar-refractivity contribution in [2.75, 3.05) is 11.9 Å². The summed E-state index contributed by atoms with van der Waals surface area (Å²) < 4.78 is 0. The second-order valence-electron chi connectivity index (χ2n) is 5.60. The Bertz CT molecular complexity index is 478. The zero-order valence-corrected chi connectivity index (χ0v) is 11.1. The molecule has 0 amide bonds. The lowest BCUT2D eigenvalue weighted by atomic mass is 9.69. The highest BCUT2D eigenvalue weighted by Crippen LogP contribution is 2.40. The van der Waals surface area contributed by atoms with E-state index in [1.165, 1.54) is 19.3 Å². The smallest absolute Gasteiger partial charge is 0.193 e. The molecular formula is C16H21N3. The maximum absolute atomic E-state index is 5.94. The predicted octanol–water partition coefficient (Wildman–Crippen LogP) is 3.02. The molecule has 0 saturated heterocycles. The van der Waals surface area contributed by atoms with Crippen molar-refractivity contribution in [2.24, 2.45) is 28.5 Å². The van der Waals surface area contributed by atoms with Crippen molar-refractivity contribution in [1.29, 1.82) is 0 Å². The molecule has 3 aliphatic carbocycles. The number of nitrogens with zero attached hydrogens (tertiary/aromatic N) is 1. The summed E-state index contributed by atoms with van der Waals surface area (Å²) in [5.41, 5.74) is 6.94. The zero-order valence-electron chi connectivity index (χ0n) is 11.1. The van der Waals surface area contributed by atoms with Crippen molar-refractivity contribution < 1.29 is 0 Å². The molecule has 2 bridgehead atoms. The molecular weight excluding hydrogens is 234 g/mol. The van der Waals surface area contributed by atoms with Crippen molar-refractivity contribution in [3.63, 3.8) is 0 Å². The van der Waals surface area contributed by atoms with E-state index < -0.39 is 0 Å². The lowest BCUT2D eigenvalue weighted by Gasteiger charge is -2.37. The molecule has 0 spiro atoms. The number of hydrogen-bond donors (Lipinski definition) is 2. The molecule has 3 atom stereocenters. The molecule has 3 unspecified atom stereocenters. The van der Waals surface area contributed by atoms with Gasteiger partial charge in [0.2, 0.25) is 0 Å². The van der Waals surface area contributed by atoms with Gasteiger partial charge in [0, 0.05) is 12.2 Å². The summed E-state index contributed by atoms with van der Waals surface area (Å²) in [6, 6.07) is 9.95. The standard InChI is InChI=1S/C16H21N3/c17-16(19-15-4-2-1-3-5-15)18-11-14-10-12-6-8-13(14)9-7-12/h1-6,8,12-14H,7,9-11H2,(H3,17,18,19). The van der Waals surface area contributed by atoms with E-state index in [-0.39, 0.29) is 0 Å². The van der Waals surface area contributed by atoms with Gasteiger partial charge < -0.3 is 11.1 Å². The van der Waals surface area contributed by atoms with Gasteiger partial charge in [0.05, 0.1) is 0 Å². The van der Waals surface area contributed by atoms with Gasteiger partial charge in [-0.2, -0.15) is 0 Å². The van der Waals surface area contributed by atoms with Crippen LogP contribution in [0.25, 0.3) is 0 Å². The van der Waals surface area contributed by atoms with Crippen LogP contribution in [0, 0.1) is 17.8 Å². The lowest BCUT2D eigenvalue weighted by molar-refractivity contribution is 0.227. The number of hydrogen-bond acceptors (Lipinski definition) is 1. The minimum atomic E-state index is 0.525. The Balaban J connectivity index is 1.56. The van der Waals surface area contributed by atoms with E-state index in [4.69, 9.17) is 5.73 Å². The molecule has 0 radical (unpaired) electrons. The SMILES string of the molecule is NC(=NCC1CC2C=CC1CC2)Nc1ccccc1. The van der Waals surface area contributed by atoms with Gasteiger partial charge in [-0.25, -0.2) is 0 Å². The van der Waals surface area contributed by atoms with Crippen LogP contribution in [0.2, 0.25) is 0 Å². The van der Waals surface area contributed by atoms with Crippen molar-refractivity contribution in [3.05, 3.63) is 42.5 Å². The Morgan fingerprint density at radius 3 is 2.68 bits per heavy atom. The highest BCUT2D eigenvalue weighted by molar-refractivity contribution is 5.92. The Morgan fingerprint density at radius 1 is 1.21 bits per heavy atom. The fourth-order valence-corrected chi connectivity index (χ4v) is 3.19. The third-order valence-electron chi connectivity index (χ3n) is 4.25. The number of rotatable bonds is 3. The van der Waals surface area contributed by atoms with E-state index in [1.54, 1.807) is 0 Å². The quantitative estimate of drug-likeness (QED) is 0.495. The first-order valence-electron chi connectivity index (χ1n) is 7.11. The Kier molecular flexibility index (Phi) is 3.53. The largest absolute Gasteiger partial charge is 0.370 e. The van der Waals surface area contributed by atoms with E-state index >= 15 is 0 Å². The highest BCUT2D eigenvalue weighted by Gasteiger charge is 2.31. The lowest BCUT2D eigenvalue weighted by Crippen LogP contribution is -2.31. The molecule has 0 heterocycles. The predicted molar refractivity (Wildman–Crippen MR) is 80.0 cm³/mol. The fraction of sp³-hybridized carbons (Fsp3) is 0.438. The van der Waals surface area contributed by atoms with Crippen molar-refractivity contribution in [1.82, 2.24) is 0 Å². The Morgan fingerprint density at radius 2 is 2.05 bits per heavy atom. The summed E-state index contributed by atoms with van der Waals surface area (Å²) in [7, 11) is 0. The van der Waals surface area contributed by atoms with E-state index in [1.807, 2.05) is 30.3 Å². The number of para-hydroxylation sites is 1. The Labute approximate surface area is 114 Å². The monoisotopic (exact) mass is 255 g/mol. The van der Waals surface area contributed by atoms with Crippen LogP contribution >= 0.6 is 0 Å². The maximum Gasteiger partial charge on any atom is 0.193 e. The molecule has 1 aromatic carbocycles. The molecule has 3 nitrogen and oxygen atoms in total. The molecule has 3 aliphatic rings. The van der Waals surface area contributed by atoms with Crippen molar-refractivity contribution in [2.45, 2.75) is 19.3 Å². The highest BCUT2D eigenvalue weighted by atomic mass is 15.1. The molecule has 0 aromatic heterocycles. The van der Waals surface area contributed by atoms with Crippen LogP contribution in [0.3, 0.4) is 0 Å². The van der Waals surface area contributed by atoms with Crippen molar-refractivity contribution >= 4 is 11.6 Å². The summed E-state index contributed by atoms with van der Waals surface area (Å²) in [5.74, 6) is 2.71. The number of guanidine groups is 1. The average molecular weight is 255 g/mol. The molecule has 1 saturated carbocycles. The second-order valence-corrected chi connectivity index (χ2v) is 5.60. The maximum atomic E-state index is 5.94.